The van der Waals surface area contributed by atoms with E-state index in [0.717, 1.165) is 0 Å². The van der Waals surface area contributed by atoms with Crippen LogP contribution in [-0.4, -0.2) is 7.98 Å². The first-order chi connectivity index (χ1) is 7.42. The van der Waals surface area contributed by atoms with E-state index in [1.807, 2.05) is 36.4 Å². The normalized spacial score (nSPS) is 10.5. The largest absolute Gasteiger partial charge is 0.357 e. The second-order valence-electron chi connectivity index (χ2n) is 3.42. The SMILES string of the molecule is [B]NC(c1ccccc1)c1ccccc1. The number of rotatable bonds is 3. The minimum absolute atomic E-state index is 0.0624. The molecule has 0 fully saturated rings. The Kier molecular flexibility index (Phi) is 3.20. The molecule has 0 spiro atoms. The summed E-state index contributed by atoms with van der Waals surface area (Å²) < 4.78 is 0. The lowest BCUT2D eigenvalue weighted by Crippen LogP contribution is -2.18. The summed E-state index contributed by atoms with van der Waals surface area (Å²) in [4.78, 5) is 0. The van der Waals surface area contributed by atoms with Gasteiger partial charge < -0.3 is 5.23 Å². The molecule has 0 saturated heterocycles. The van der Waals surface area contributed by atoms with Crippen molar-refractivity contribution < 1.29 is 0 Å². The number of hydrogen-bond donors (Lipinski definition) is 1. The van der Waals surface area contributed by atoms with E-state index in [4.69, 9.17) is 7.98 Å². The predicted molar refractivity (Wildman–Crippen MR) is 63.6 cm³/mol. The minimum atomic E-state index is 0.0624. The zero-order valence-corrected chi connectivity index (χ0v) is 8.43. The van der Waals surface area contributed by atoms with Gasteiger partial charge in [-0.2, -0.15) is 0 Å². The molecule has 0 saturated carbocycles. The highest BCUT2D eigenvalue weighted by Crippen LogP contribution is 2.20. The molecule has 1 N–H and O–H groups in total. The van der Waals surface area contributed by atoms with Crippen molar-refractivity contribution in [3.8, 4) is 0 Å². The molecule has 0 aliphatic rings. The van der Waals surface area contributed by atoms with Crippen LogP contribution in [0, 0.1) is 0 Å². The molecule has 2 aromatic carbocycles. The molecule has 0 bridgehead atoms. The number of nitrogens with one attached hydrogen (secondary N) is 1. The molecule has 0 aromatic heterocycles. The van der Waals surface area contributed by atoms with Crippen molar-refractivity contribution in [3.63, 3.8) is 0 Å². The Hall–Kier alpha value is -1.54. The first-order valence-corrected chi connectivity index (χ1v) is 4.98. The Morgan fingerprint density at radius 3 is 1.47 bits per heavy atom. The zero-order valence-electron chi connectivity index (χ0n) is 8.43. The predicted octanol–water partition coefficient (Wildman–Crippen LogP) is 2.45. The third-order valence-electron chi connectivity index (χ3n) is 2.43. The Balaban J connectivity index is 2.34. The smallest absolute Gasteiger partial charge is 0.179 e. The first-order valence-electron chi connectivity index (χ1n) is 4.98. The molecule has 0 heterocycles. The molecule has 0 amide bonds. The van der Waals surface area contributed by atoms with Crippen LogP contribution in [0.3, 0.4) is 0 Å². The standard InChI is InChI=1S/C13H12BN/c14-15-13(11-7-3-1-4-8-11)12-9-5-2-6-10-12/h1-10,13,15H. The van der Waals surface area contributed by atoms with E-state index >= 15 is 0 Å². The van der Waals surface area contributed by atoms with E-state index in [2.05, 4.69) is 29.5 Å². The molecule has 15 heavy (non-hydrogen) atoms. The van der Waals surface area contributed by atoms with Crippen LogP contribution in [0.2, 0.25) is 0 Å². The Morgan fingerprint density at radius 2 is 1.13 bits per heavy atom. The molecule has 2 heteroatoms. The van der Waals surface area contributed by atoms with E-state index in [1.165, 1.54) is 11.1 Å². The maximum absolute atomic E-state index is 5.59. The van der Waals surface area contributed by atoms with Gasteiger partial charge in [0.2, 0.25) is 0 Å². The molecule has 0 unspecified atom stereocenters. The average Bonchev–Trinajstić information content (AvgIpc) is 2.33. The van der Waals surface area contributed by atoms with Crippen LogP contribution in [0.1, 0.15) is 17.2 Å². The summed E-state index contributed by atoms with van der Waals surface area (Å²) in [6.07, 6.45) is 0. The summed E-state index contributed by atoms with van der Waals surface area (Å²) in [5.74, 6) is 0. The highest BCUT2D eigenvalue weighted by molar-refractivity contribution is 6.04. The van der Waals surface area contributed by atoms with Crippen molar-refractivity contribution >= 4 is 7.98 Å². The molecule has 2 radical (unpaired) electrons. The molecule has 0 aliphatic heterocycles. The fraction of sp³-hybridized carbons (Fsp3) is 0.0769. The highest BCUT2D eigenvalue weighted by Gasteiger charge is 2.09. The van der Waals surface area contributed by atoms with Crippen LogP contribution >= 0.6 is 0 Å². The summed E-state index contributed by atoms with van der Waals surface area (Å²) in [5, 5.41) is 2.83. The third-order valence-corrected chi connectivity index (χ3v) is 2.43. The zero-order chi connectivity index (χ0) is 10.5. The van der Waals surface area contributed by atoms with Gasteiger partial charge in [0.1, 0.15) is 0 Å². The third kappa shape index (κ3) is 2.28. The van der Waals surface area contributed by atoms with Crippen molar-refractivity contribution in [1.82, 2.24) is 5.23 Å². The lowest BCUT2D eigenvalue weighted by Gasteiger charge is -2.17. The van der Waals surface area contributed by atoms with Crippen LogP contribution in [-0.2, 0) is 0 Å². The van der Waals surface area contributed by atoms with Crippen LogP contribution in [0.15, 0.2) is 60.7 Å². The van der Waals surface area contributed by atoms with Crippen LogP contribution < -0.4 is 5.23 Å². The van der Waals surface area contributed by atoms with Gasteiger partial charge in [0.25, 0.3) is 0 Å². The van der Waals surface area contributed by atoms with Gasteiger partial charge in [0.05, 0.1) is 0 Å². The molecule has 2 aromatic rings. The highest BCUT2D eigenvalue weighted by atomic mass is 14.8. The van der Waals surface area contributed by atoms with Crippen molar-refractivity contribution in [2.75, 3.05) is 0 Å². The van der Waals surface area contributed by atoms with Crippen molar-refractivity contribution in [2.24, 2.45) is 0 Å². The van der Waals surface area contributed by atoms with Crippen molar-refractivity contribution in [2.45, 2.75) is 6.04 Å². The van der Waals surface area contributed by atoms with E-state index < -0.39 is 0 Å². The van der Waals surface area contributed by atoms with Crippen molar-refractivity contribution in [3.05, 3.63) is 71.8 Å². The average molecular weight is 193 g/mol. The quantitative estimate of drug-likeness (QED) is 0.738. The molecule has 72 valence electrons. The maximum Gasteiger partial charge on any atom is 0.179 e. The van der Waals surface area contributed by atoms with Gasteiger partial charge in [0.15, 0.2) is 7.98 Å². The van der Waals surface area contributed by atoms with Crippen LogP contribution in [0.4, 0.5) is 0 Å². The van der Waals surface area contributed by atoms with Gasteiger partial charge in [-0.05, 0) is 11.1 Å². The molecule has 0 atom stereocenters. The summed E-state index contributed by atoms with van der Waals surface area (Å²) in [5.41, 5.74) is 2.34. The molecule has 0 aliphatic carbocycles. The molecular weight excluding hydrogens is 181 g/mol. The van der Waals surface area contributed by atoms with E-state index in [-0.39, 0.29) is 6.04 Å². The molecule has 1 nitrogen and oxygen atoms in total. The minimum Gasteiger partial charge on any atom is -0.357 e. The second-order valence-corrected chi connectivity index (χ2v) is 3.42. The van der Waals surface area contributed by atoms with Gasteiger partial charge in [-0.3, -0.25) is 0 Å². The molecule has 2 rings (SSSR count). The Morgan fingerprint density at radius 1 is 0.733 bits per heavy atom. The van der Waals surface area contributed by atoms with Gasteiger partial charge >= 0.3 is 0 Å². The first kappa shape index (κ1) is 10.00. The summed E-state index contributed by atoms with van der Waals surface area (Å²) >= 11 is 0. The fourth-order valence-electron chi connectivity index (χ4n) is 1.68. The summed E-state index contributed by atoms with van der Waals surface area (Å²) in [6, 6.07) is 20.4. The lowest BCUT2D eigenvalue weighted by molar-refractivity contribution is 0.792. The van der Waals surface area contributed by atoms with Gasteiger partial charge in [-0.15, -0.1) is 0 Å². The number of hydrogen-bond acceptors (Lipinski definition) is 1. The second kappa shape index (κ2) is 4.81. The Bertz CT molecular complexity index is 360. The van der Waals surface area contributed by atoms with E-state index in [1.54, 1.807) is 0 Å². The molecular formula is C13H12BN. The Labute approximate surface area is 91.6 Å². The summed E-state index contributed by atoms with van der Waals surface area (Å²) in [6.45, 7) is 0. The van der Waals surface area contributed by atoms with Gasteiger partial charge in [-0.25, -0.2) is 0 Å². The topological polar surface area (TPSA) is 12.0 Å². The van der Waals surface area contributed by atoms with Crippen molar-refractivity contribution in [1.29, 1.82) is 0 Å². The fourth-order valence-corrected chi connectivity index (χ4v) is 1.68. The van der Waals surface area contributed by atoms with Gasteiger partial charge in [0, 0.05) is 6.04 Å². The maximum atomic E-state index is 5.59. The van der Waals surface area contributed by atoms with Crippen LogP contribution in [0.25, 0.3) is 0 Å². The van der Waals surface area contributed by atoms with E-state index in [9.17, 15) is 0 Å². The van der Waals surface area contributed by atoms with Crippen LogP contribution in [0.5, 0.6) is 0 Å². The monoisotopic (exact) mass is 193 g/mol. The number of benzene rings is 2. The lowest BCUT2D eigenvalue weighted by atomic mass is 9.97. The van der Waals surface area contributed by atoms with Gasteiger partial charge in [-0.1, -0.05) is 60.7 Å². The summed E-state index contributed by atoms with van der Waals surface area (Å²) in [7, 11) is 5.59. The van der Waals surface area contributed by atoms with E-state index in [0.29, 0.717) is 0 Å².